The zero-order valence-corrected chi connectivity index (χ0v) is 19.4. The number of aryl methyl sites for hydroxylation is 2. The molecule has 2 heterocycles. The molecule has 1 N–H and O–H groups in total. The lowest BCUT2D eigenvalue weighted by Gasteiger charge is -2.29. The predicted octanol–water partition coefficient (Wildman–Crippen LogP) is 3.60. The number of ether oxygens (including phenoxy) is 1. The summed E-state index contributed by atoms with van der Waals surface area (Å²) < 4.78 is 40.0. The van der Waals surface area contributed by atoms with Gasteiger partial charge in [-0.15, -0.1) is 0 Å². The highest BCUT2D eigenvalue weighted by Crippen LogP contribution is 2.40. The average Bonchev–Trinajstić information content (AvgIpc) is 3.51. The highest BCUT2D eigenvalue weighted by atomic mass is 32.2. The molecule has 0 atom stereocenters. The van der Waals surface area contributed by atoms with Crippen molar-refractivity contribution < 1.29 is 22.5 Å². The Labute approximate surface area is 191 Å². The van der Waals surface area contributed by atoms with Crippen LogP contribution in [0.5, 0.6) is 5.75 Å². The molecule has 10 heteroatoms. The van der Waals surface area contributed by atoms with Crippen LogP contribution in [0.3, 0.4) is 0 Å². The summed E-state index contributed by atoms with van der Waals surface area (Å²) in [6, 6.07) is 8.56. The predicted molar refractivity (Wildman–Crippen MR) is 121 cm³/mol. The normalized spacial score (nSPS) is 15.8. The summed E-state index contributed by atoms with van der Waals surface area (Å²) in [5.41, 5.74) is 3.33. The number of sulfonamides is 1. The van der Waals surface area contributed by atoms with Crippen LogP contribution in [0.15, 0.2) is 39.8 Å². The van der Waals surface area contributed by atoms with Crippen molar-refractivity contribution >= 4 is 27.3 Å². The zero-order chi connectivity index (χ0) is 23.3. The Balaban J connectivity index is 1.46. The Kier molecular flexibility index (Phi) is 5.12. The fourth-order valence-corrected chi connectivity index (χ4v) is 5.19. The summed E-state index contributed by atoms with van der Waals surface area (Å²) in [4.78, 5) is 18.6. The third-order valence-electron chi connectivity index (χ3n) is 6.05. The van der Waals surface area contributed by atoms with E-state index in [0.717, 1.165) is 24.0 Å². The molecule has 1 amide bonds. The Bertz CT molecular complexity index is 1360. The van der Waals surface area contributed by atoms with Gasteiger partial charge in [0.25, 0.3) is 15.9 Å². The first-order valence-electron chi connectivity index (χ1n) is 10.7. The van der Waals surface area contributed by atoms with Crippen LogP contribution in [-0.2, 0) is 21.4 Å². The van der Waals surface area contributed by atoms with Gasteiger partial charge in [-0.3, -0.25) is 14.4 Å². The molecule has 0 spiro atoms. The molecule has 1 fully saturated rings. The Hall–Kier alpha value is -3.40. The molecule has 9 nitrogen and oxygen atoms in total. The van der Waals surface area contributed by atoms with Crippen molar-refractivity contribution in [1.29, 1.82) is 0 Å². The highest BCUT2D eigenvalue weighted by molar-refractivity contribution is 7.92. The summed E-state index contributed by atoms with van der Waals surface area (Å²) in [6.07, 6.45) is 2.07. The second-order valence-electron chi connectivity index (χ2n) is 8.53. The number of amides is 1. The van der Waals surface area contributed by atoms with Crippen molar-refractivity contribution in [1.82, 2.24) is 10.1 Å². The van der Waals surface area contributed by atoms with Gasteiger partial charge in [0, 0.05) is 12.0 Å². The molecule has 1 aromatic heterocycles. The summed E-state index contributed by atoms with van der Waals surface area (Å²) in [6.45, 7) is 5.40. The van der Waals surface area contributed by atoms with Crippen molar-refractivity contribution in [2.45, 2.75) is 51.0 Å². The molecule has 172 valence electrons. The zero-order valence-electron chi connectivity index (χ0n) is 18.6. The van der Waals surface area contributed by atoms with E-state index in [2.05, 4.69) is 14.9 Å². The van der Waals surface area contributed by atoms with Crippen molar-refractivity contribution in [2.24, 2.45) is 0 Å². The number of carbonyl (C=O) groups excluding carboxylic acids is 1. The number of rotatable bonds is 6. The van der Waals surface area contributed by atoms with Gasteiger partial charge in [-0.05, 0) is 62.4 Å². The van der Waals surface area contributed by atoms with Gasteiger partial charge < -0.3 is 9.26 Å². The molecule has 1 aliphatic carbocycles. The van der Waals surface area contributed by atoms with Gasteiger partial charge >= 0.3 is 0 Å². The summed E-state index contributed by atoms with van der Waals surface area (Å²) in [7, 11) is -3.88. The summed E-state index contributed by atoms with van der Waals surface area (Å²) in [5.74, 6) is 1.37. The van der Waals surface area contributed by atoms with Gasteiger partial charge in [-0.2, -0.15) is 4.98 Å². The molecule has 5 rings (SSSR count). The highest BCUT2D eigenvalue weighted by Gasteiger charge is 2.33. The lowest BCUT2D eigenvalue weighted by atomic mass is 10.1. The largest absolute Gasteiger partial charge is 0.482 e. The molecule has 1 aliphatic heterocycles. The first kappa shape index (κ1) is 21.4. The number of hydrogen-bond acceptors (Lipinski definition) is 7. The van der Waals surface area contributed by atoms with E-state index in [1.165, 1.54) is 11.0 Å². The summed E-state index contributed by atoms with van der Waals surface area (Å²) >= 11 is 0. The standard InChI is InChI=1S/C23H24N4O5S/c1-13-5-4-6-17(15(13)3)26-33(29,30)20-10-19-18(9-14(20)2)27(22(28)12-31-19)11-21-24-23(32-25-21)16-7-8-16/h4-6,9-10,16,26H,7-8,11-12H2,1-3H3. The van der Waals surface area contributed by atoms with Crippen LogP contribution in [0, 0.1) is 20.8 Å². The van der Waals surface area contributed by atoms with Crippen molar-refractivity contribution in [3.05, 3.63) is 58.7 Å². The minimum absolute atomic E-state index is 0.0898. The molecule has 0 unspecified atom stereocenters. The van der Waals surface area contributed by atoms with Gasteiger partial charge in [0.2, 0.25) is 5.89 Å². The van der Waals surface area contributed by atoms with E-state index in [1.54, 1.807) is 25.1 Å². The number of benzene rings is 2. The lowest BCUT2D eigenvalue weighted by Crippen LogP contribution is -2.38. The third-order valence-corrected chi connectivity index (χ3v) is 7.56. The first-order chi connectivity index (χ1) is 15.7. The molecule has 33 heavy (non-hydrogen) atoms. The molecule has 2 aromatic carbocycles. The topological polar surface area (TPSA) is 115 Å². The molecule has 0 radical (unpaired) electrons. The van der Waals surface area contributed by atoms with E-state index >= 15 is 0 Å². The lowest BCUT2D eigenvalue weighted by molar-refractivity contribution is -0.121. The second-order valence-corrected chi connectivity index (χ2v) is 10.2. The van der Waals surface area contributed by atoms with Crippen molar-refractivity contribution in [3.63, 3.8) is 0 Å². The smallest absolute Gasteiger partial charge is 0.265 e. The SMILES string of the molecule is Cc1cc2c(cc1S(=O)(=O)Nc1cccc(C)c1C)OCC(=O)N2Cc1noc(C2CC2)n1. The maximum Gasteiger partial charge on any atom is 0.265 e. The Morgan fingerprint density at radius 2 is 1.94 bits per heavy atom. The van der Waals surface area contributed by atoms with Gasteiger partial charge in [-0.1, -0.05) is 17.3 Å². The fourth-order valence-electron chi connectivity index (χ4n) is 3.83. The van der Waals surface area contributed by atoms with Crippen LogP contribution < -0.4 is 14.4 Å². The second kappa shape index (κ2) is 7.87. The molecule has 0 saturated heterocycles. The Morgan fingerprint density at radius 1 is 1.15 bits per heavy atom. The average molecular weight is 469 g/mol. The van der Waals surface area contributed by atoms with E-state index in [4.69, 9.17) is 9.26 Å². The van der Waals surface area contributed by atoms with Crippen LogP contribution in [0.2, 0.25) is 0 Å². The molecular formula is C23H24N4O5S. The number of anilines is 2. The number of carbonyl (C=O) groups is 1. The maximum atomic E-state index is 13.2. The van der Waals surface area contributed by atoms with E-state index in [0.29, 0.717) is 40.3 Å². The van der Waals surface area contributed by atoms with Gasteiger partial charge in [-0.25, -0.2) is 8.42 Å². The quantitative estimate of drug-likeness (QED) is 0.588. The van der Waals surface area contributed by atoms with Gasteiger partial charge in [0.15, 0.2) is 12.4 Å². The number of fused-ring (bicyclic) bond motifs is 1. The molecule has 2 aliphatic rings. The molecule has 3 aromatic rings. The Morgan fingerprint density at radius 3 is 2.70 bits per heavy atom. The monoisotopic (exact) mass is 468 g/mol. The fraction of sp³-hybridized carbons (Fsp3) is 0.348. The minimum Gasteiger partial charge on any atom is -0.482 e. The van der Waals surface area contributed by atoms with Crippen LogP contribution in [0.4, 0.5) is 11.4 Å². The van der Waals surface area contributed by atoms with Gasteiger partial charge in [0.1, 0.15) is 5.75 Å². The maximum absolute atomic E-state index is 13.2. The van der Waals surface area contributed by atoms with Crippen LogP contribution in [0.1, 0.15) is 47.2 Å². The van der Waals surface area contributed by atoms with Crippen molar-refractivity contribution in [2.75, 3.05) is 16.2 Å². The van der Waals surface area contributed by atoms with Crippen molar-refractivity contribution in [3.8, 4) is 5.75 Å². The van der Waals surface area contributed by atoms with E-state index in [1.807, 2.05) is 19.9 Å². The summed E-state index contributed by atoms with van der Waals surface area (Å²) in [5, 5.41) is 3.99. The number of nitrogens with zero attached hydrogens (tertiary/aromatic N) is 3. The van der Waals surface area contributed by atoms with Crippen LogP contribution in [0.25, 0.3) is 0 Å². The van der Waals surface area contributed by atoms with Crippen LogP contribution >= 0.6 is 0 Å². The van der Waals surface area contributed by atoms with E-state index in [-0.39, 0.29) is 24.0 Å². The third kappa shape index (κ3) is 4.06. The van der Waals surface area contributed by atoms with Crippen LogP contribution in [-0.4, -0.2) is 31.1 Å². The number of aromatic nitrogens is 2. The molecular weight excluding hydrogens is 444 g/mol. The first-order valence-corrected chi connectivity index (χ1v) is 12.2. The number of nitrogens with one attached hydrogen (secondary N) is 1. The minimum atomic E-state index is -3.88. The molecule has 0 bridgehead atoms. The number of hydrogen-bond donors (Lipinski definition) is 1. The van der Waals surface area contributed by atoms with E-state index < -0.39 is 10.0 Å². The van der Waals surface area contributed by atoms with Gasteiger partial charge in [0.05, 0.1) is 22.8 Å². The van der Waals surface area contributed by atoms with E-state index in [9.17, 15) is 13.2 Å². The molecule has 1 saturated carbocycles.